The van der Waals surface area contributed by atoms with Crippen molar-refractivity contribution < 1.29 is 39.4 Å². The minimum atomic E-state index is -5.77. The number of quaternary nitrogens is 1. The Morgan fingerprint density at radius 1 is 0.548 bits per heavy atom. The number of halogens is 5. The predicted octanol–water partition coefficient (Wildman–Crippen LogP) is 9.94. The number of likely N-dealkylation sites (tertiary alicyclic amines) is 1. The van der Waals surface area contributed by atoms with Crippen LogP contribution in [0.1, 0.15) is 142 Å². The molecule has 0 atom stereocenters. The van der Waals surface area contributed by atoms with Crippen LogP contribution in [0.3, 0.4) is 0 Å². The lowest BCUT2D eigenvalue weighted by Crippen LogP contribution is -2.48. The van der Waals surface area contributed by atoms with E-state index in [0.29, 0.717) is 0 Å². The standard InChI is InChI=1S/C26H54N.C6HF5O3S/c1-3-4-5-6-7-8-9-10-11-12-13-14-15-16-17-18-19-21-24-27(2)25-22-20-23-26-27;7-1-2(8)4(10)6(15(12,13)14)5(11)3(1)9/h3-26H2,1-2H3;(H,12,13,14)/q+1;/p-1. The Balaban J connectivity index is 0.000000495. The summed E-state index contributed by atoms with van der Waals surface area (Å²) >= 11 is 0. The highest BCUT2D eigenvalue weighted by molar-refractivity contribution is 7.85. The second-order valence-electron chi connectivity index (χ2n) is 12.2. The van der Waals surface area contributed by atoms with Crippen LogP contribution in [0, 0.1) is 29.1 Å². The number of hydrogen-bond donors (Lipinski definition) is 0. The molecule has 0 spiro atoms. The van der Waals surface area contributed by atoms with Crippen molar-refractivity contribution in [3.05, 3.63) is 29.1 Å². The van der Waals surface area contributed by atoms with Crippen LogP contribution in [0.2, 0.25) is 0 Å². The Labute approximate surface area is 251 Å². The van der Waals surface area contributed by atoms with Crippen molar-refractivity contribution in [3.8, 4) is 0 Å². The predicted molar refractivity (Wildman–Crippen MR) is 158 cm³/mol. The van der Waals surface area contributed by atoms with Crippen LogP contribution in [-0.2, 0) is 10.1 Å². The molecule has 1 saturated heterocycles. The van der Waals surface area contributed by atoms with E-state index in [2.05, 4.69) is 14.0 Å². The average molecular weight is 628 g/mol. The quantitative estimate of drug-likeness (QED) is 0.0361. The van der Waals surface area contributed by atoms with Gasteiger partial charge >= 0.3 is 0 Å². The zero-order valence-corrected chi connectivity index (χ0v) is 26.8. The molecule has 1 aliphatic heterocycles. The van der Waals surface area contributed by atoms with Gasteiger partial charge in [0.15, 0.2) is 23.3 Å². The van der Waals surface area contributed by atoms with E-state index in [1.807, 2.05) is 0 Å². The van der Waals surface area contributed by atoms with Crippen molar-refractivity contribution in [2.75, 3.05) is 26.7 Å². The molecule has 1 aliphatic rings. The minimum Gasteiger partial charge on any atom is -0.744 e. The Morgan fingerprint density at radius 3 is 1.19 bits per heavy atom. The molecular formula is C32H54F5NO3S. The summed E-state index contributed by atoms with van der Waals surface area (Å²) in [6.07, 6.45) is 31.0. The smallest absolute Gasteiger partial charge is 0.200 e. The van der Waals surface area contributed by atoms with Crippen molar-refractivity contribution in [2.24, 2.45) is 0 Å². The zero-order chi connectivity index (χ0) is 31.4. The van der Waals surface area contributed by atoms with Crippen molar-refractivity contribution in [1.82, 2.24) is 0 Å². The second-order valence-corrected chi connectivity index (χ2v) is 13.5. The van der Waals surface area contributed by atoms with Crippen molar-refractivity contribution in [1.29, 1.82) is 0 Å². The first kappa shape index (κ1) is 38.8. The Morgan fingerprint density at radius 2 is 0.857 bits per heavy atom. The monoisotopic (exact) mass is 627 g/mol. The molecule has 10 heteroatoms. The molecule has 0 aliphatic carbocycles. The molecular weight excluding hydrogens is 573 g/mol. The molecule has 1 aromatic rings. The van der Waals surface area contributed by atoms with Gasteiger partial charge in [-0.15, -0.1) is 0 Å². The highest BCUT2D eigenvalue weighted by atomic mass is 32.2. The largest absolute Gasteiger partial charge is 0.744 e. The first-order valence-corrected chi connectivity index (χ1v) is 17.7. The number of nitrogens with zero attached hydrogens (tertiary/aromatic N) is 1. The lowest BCUT2D eigenvalue weighted by atomic mass is 10.0. The maximum atomic E-state index is 12.6. The Kier molecular flexibility index (Phi) is 19.8. The molecule has 1 aromatic carbocycles. The van der Waals surface area contributed by atoms with E-state index in [9.17, 15) is 34.9 Å². The van der Waals surface area contributed by atoms with Gasteiger partial charge in [0.1, 0.15) is 15.0 Å². The van der Waals surface area contributed by atoms with E-state index in [1.165, 1.54) is 159 Å². The van der Waals surface area contributed by atoms with Crippen LogP contribution in [0.4, 0.5) is 22.0 Å². The second kappa shape index (κ2) is 21.4. The van der Waals surface area contributed by atoms with Gasteiger partial charge in [-0.25, -0.2) is 30.4 Å². The van der Waals surface area contributed by atoms with Gasteiger partial charge in [-0.2, -0.15) is 0 Å². The first-order chi connectivity index (χ1) is 19.9. The van der Waals surface area contributed by atoms with E-state index in [4.69, 9.17) is 0 Å². The van der Waals surface area contributed by atoms with E-state index in [0.717, 1.165) is 0 Å². The summed E-state index contributed by atoms with van der Waals surface area (Å²) in [5.41, 5.74) is 0. The third-order valence-electron chi connectivity index (χ3n) is 8.37. The molecule has 1 fully saturated rings. The summed E-state index contributed by atoms with van der Waals surface area (Å²) in [7, 11) is -3.28. The van der Waals surface area contributed by atoms with Gasteiger partial charge in [-0.1, -0.05) is 110 Å². The van der Waals surface area contributed by atoms with Gasteiger partial charge < -0.3 is 9.04 Å². The SMILES string of the molecule is CCCCCCCCCCCCCCCCCCCC[N+]1(C)CCCCC1.O=S(=O)([O-])c1c(F)c(F)c(F)c(F)c1F. The third kappa shape index (κ3) is 15.5. The molecule has 0 amide bonds. The maximum Gasteiger partial charge on any atom is 0.200 e. The number of unbranched alkanes of at least 4 members (excludes halogenated alkanes) is 17. The van der Waals surface area contributed by atoms with Gasteiger partial charge in [0.2, 0.25) is 5.82 Å². The Hall–Kier alpha value is -1.26. The topological polar surface area (TPSA) is 57.2 Å². The molecule has 2 rings (SSSR count). The van der Waals surface area contributed by atoms with Gasteiger partial charge in [-0.05, 0) is 32.1 Å². The number of rotatable bonds is 20. The highest BCUT2D eigenvalue weighted by Gasteiger charge is 2.29. The van der Waals surface area contributed by atoms with Crippen molar-refractivity contribution in [3.63, 3.8) is 0 Å². The summed E-state index contributed by atoms with van der Waals surface area (Å²) in [6, 6.07) is 0. The number of hydrogen-bond acceptors (Lipinski definition) is 3. The molecule has 0 aromatic heterocycles. The van der Waals surface area contributed by atoms with Gasteiger partial charge in [0, 0.05) is 0 Å². The minimum absolute atomic E-state index is 1.37. The van der Waals surface area contributed by atoms with E-state index in [1.54, 1.807) is 0 Å². The maximum absolute atomic E-state index is 12.6. The fourth-order valence-electron chi connectivity index (χ4n) is 5.70. The Bertz CT molecular complexity index is 956. The third-order valence-corrected chi connectivity index (χ3v) is 9.23. The van der Waals surface area contributed by atoms with Crippen LogP contribution in [-0.4, -0.2) is 44.1 Å². The lowest BCUT2D eigenvalue weighted by molar-refractivity contribution is -0.914. The van der Waals surface area contributed by atoms with E-state index < -0.39 is 44.1 Å². The van der Waals surface area contributed by atoms with Crippen LogP contribution < -0.4 is 0 Å². The van der Waals surface area contributed by atoms with Crippen LogP contribution >= 0.6 is 0 Å². The molecule has 0 radical (unpaired) electrons. The molecule has 1 heterocycles. The fraction of sp³-hybridized carbons (Fsp3) is 0.812. The van der Waals surface area contributed by atoms with Crippen molar-refractivity contribution in [2.45, 2.75) is 147 Å². The van der Waals surface area contributed by atoms with Gasteiger partial charge in [0.05, 0.1) is 26.7 Å². The molecule has 246 valence electrons. The summed E-state index contributed by atoms with van der Waals surface area (Å²) in [6.45, 7) is 6.63. The molecule has 42 heavy (non-hydrogen) atoms. The molecule has 4 nitrogen and oxygen atoms in total. The lowest BCUT2D eigenvalue weighted by Gasteiger charge is -2.37. The number of piperidine rings is 1. The van der Waals surface area contributed by atoms with Crippen LogP contribution in [0.15, 0.2) is 4.90 Å². The van der Waals surface area contributed by atoms with Crippen LogP contribution in [0.25, 0.3) is 0 Å². The average Bonchev–Trinajstić information content (AvgIpc) is 2.94. The molecule has 0 unspecified atom stereocenters. The van der Waals surface area contributed by atoms with E-state index in [-0.39, 0.29) is 0 Å². The summed E-state index contributed by atoms with van der Waals surface area (Å²) in [5, 5.41) is 0. The van der Waals surface area contributed by atoms with Gasteiger partial charge in [-0.3, -0.25) is 0 Å². The van der Waals surface area contributed by atoms with Gasteiger partial charge in [0.25, 0.3) is 0 Å². The summed E-state index contributed by atoms with van der Waals surface area (Å²) in [5.74, 6) is -12.8. The highest BCUT2D eigenvalue weighted by Crippen LogP contribution is 2.26. The first-order valence-electron chi connectivity index (χ1n) is 16.3. The number of benzene rings is 1. The van der Waals surface area contributed by atoms with E-state index >= 15 is 0 Å². The normalized spacial score (nSPS) is 15.0. The summed E-state index contributed by atoms with van der Waals surface area (Å²) < 4.78 is 94.3. The molecule has 0 N–H and O–H groups in total. The van der Waals surface area contributed by atoms with Crippen molar-refractivity contribution >= 4 is 10.1 Å². The summed E-state index contributed by atoms with van der Waals surface area (Å²) in [4.78, 5) is -2.38. The molecule has 0 saturated carbocycles. The molecule has 0 bridgehead atoms. The zero-order valence-electron chi connectivity index (χ0n) is 25.9. The fourth-order valence-corrected chi connectivity index (χ4v) is 6.32. The van der Waals surface area contributed by atoms with Crippen LogP contribution in [0.5, 0.6) is 0 Å².